The molecule has 0 spiro atoms. The van der Waals surface area contributed by atoms with Crippen LogP contribution >= 0.6 is 0 Å². The van der Waals surface area contributed by atoms with Crippen LogP contribution in [0.5, 0.6) is 0 Å². The van der Waals surface area contributed by atoms with Crippen molar-refractivity contribution in [2.75, 3.05) is 0 Å². The molecule has 8 aromatic carbocycles. The Bertz CT molecular complexity index is 3460. The van der Waals surface area contributed by atoms with E-state index in [1.165, 1.54) is 0 Å². The number of hydrogen-bond donors (Lipinski definition) is 0. The fourth-order valence-corrected chi connectivity index (χ4v) is 8.50. The Morgan fingerprint density at radius 3 is 1.33 bits per heavy atom. The van der Waals surface area contributed by atoms with Crippen molar-refractivity contribution in [2.24, 2.45) is 0 Å². The van der Waals surface area contributed by atoms with Crippen LogP contribution in [0.15, 0.2) is 188 Å². The number of para-hydroxylation sites is 4. The van der Waals surface area contributed by atoms with Crippen molar-refractivity contribution in [3.8, 4) is 68.8 Å². The zero-order chi connectivity index (χ0) is 40.2. The minimum atomic E-state index is 0.442. The van der Waals surface area contributed by atoms with Crippen molar-refractivity contribution in [1.82, 2.24) is 24.1 Å². The van der Waals surface area contributed by atoms with E-state index in [-0.39, 0.29) is 0 Å². The molecular weight excluding hydrogens is 735 g/mol. The van der Waals surface area contributed by atoms with Gasteiger partial charge >= 0.3 is 0 Å². The number of aromatic nitrogens is 5. The fourth-order valence-electron chi connectivity index (χ4n) is 8.50. The molecule has 3 aromatic heterocycles. The van der Waals surface area contributed by atoms with Crippen molar-refractivity contribution < 1.29 is 0 Å². The Labute approximate surface area is 345 Å². The number of hydrogen-bond acceptors (Lipinski definition) is 5. The van der Waals surface area contributed by atoms with Gasteiger partial charge in [-0.25, -0.2) is 15.0 Å². The van der Waals surface area contributed by atoms with Gasteiger partial charge in [-0.3, -0.25) is 0 Å². The van der Waals surface area contributed by atoms with Crippen LogP contribution < -0.4 is 0 Å². The Morgan fingerprint density at radius 2 is 0.783 bits per heavy atom. The Morgan fingerprint density at radius 1 is 0.333 bits per heavy atom. The van der Waals surface area contributed by atoms with Crippen molar-refractivity contribution in [2.45, 2.75) is 0 Å². The van der Waals surface area contributed by atoms with Crippen molar-refractivity contribution in [1.29, 1.82) is 10.5 Å². The third kappa shape index (κ3) is 5.61. The lowest BCUT2D eigenvalue weighted by molar-refractivity contribution is 1.06. The van der Waals surface area contributed by atoms with Crippen LogP contribution in [0, 0.1) is 22.7 Å². The molecule has 0 bridgehead atoms. The van der Waals surface area contributed by atoms with Crippen molar-refractivity contribution in [3.63, 3.8) is 0 Å². The highest BCUT2D eigenvalue weighted by Gasteiger charge is 2.23. The van der Waals surface area contributed by atoms with Gasteiger partial charge in [0.2, 0.25) is 0 Å². The molecule has 60 heavy (non-hydrogen) atoms. The topological polar surface area (TPSA) is 96.1 Å². The second-order valence-electron chi connectivity index (χ2n) is 14.7. The molecule has 11 rings (SSSR count). The molecule has 0 aliphatic rings. The second-order valence-corrected chi connectivity index (χ2v) is 14.7. The first-order valence-corrected chi connectivity index (χ1v) is 19.6. The highest BCUT2D eigenvalue weighted by atomic mass is 15.1. The van der Waals surface area contributed by atoms with Crippen LogP contribution in [-0.4, -0.2) is 24.1 Å². The summed E-state index contributed by atoms with van der Waals surface area (Å²) in [6, 6.07) is 67.9. The van der Waals surface area contributed by atoms with Gasteiger partial charge in [-0.15, -0.1) is 0 Å². The maximum absolute atomic E-state index is 10.3. The van der Waals surface area contributed by atoms with E-state index in [1.807, 2.05) is 84.9 Å². The first-order chi connectivity index (χ1) is 29.7. The zero-order valence-corrected chi connectivity index (χ0v) is 32.0. The minimum Gasteiger partial charge on any atom is -0.309 e. The Hall–Kier alpha value is -8.65. The van der Waals surface area contributed by atoms with Gasteiger partial charge in [0.15, 0.2) is 17.5 Å². The van der Waals surface area contributed by atoms with Gasteiger partial charge in [-0.1, -0.05) is 121 Å². The summed E-state index contributed by atoms with van der Waals surface area (Å²) in [7, 11) is 0. The van der Waals surface area contributed by atoms with Crippen LogP contribution in [0.4, 0.5) is 0 Å². The molecule has 0 aliphatic heterocycles. The van der Waals surface area contributed by atoms with Crippen molar-refractivity contribution in [3.05, 3.63) is 199 Å². The summed E-state index contributed by atoms with van der Waals surface area (Å²) in [5.74, 6) is 1.44. The summed E-state index contributed by atoms with van der Waals surface area (Å²) in [6.07, 6.45) is 0. The van der Waals surface area contributed by atoms with Crippen LogP contribution in [0.1, 0.15) is 11.1 Å². The minimum absolute atomic E-state index is 0.442. The highest BCUT2D eigenvalue weighted by molar-refractivity contribution is 6.11. The lowest BCUT2D eigenvalue weighted by Crippen LogP contribution is -2.06. The summed E-state index contributed by atoms with van der Waals surface area (Å²) in [6.45, 7) is 0. The third-order valence-corrected chi connectivity index (χ3v) is 11.3. The number of rotatable bonds is 6. The predicted molar refractivity (Wildman–Crippen MR) is 240 cm³/mol. The molecule has 0 radical (unpaired) electrons. The molecule has 7 heteroatoms. The van der Waals surface area contributed by atoms with E-state index >= 15 is 0 Å². The molecule has 278 valence electrons. The van der Waals surface area contributed by atoms with Gasteiger partial charge in [0.25, 0.3) is 0 Å². The Kier molecular flexibility index (Phi) is 8.11. The summed E-state index contributed by atoms with van der Waals surface area (Å²) in [5, 5.41) is 24.3. The molecule has 0 fully saturated rings. The Balaban J connectivity index is 1.22. The van der Waals surface area contributed by atoms with Crippen LogP contribution in [0.3, 0.4) is 0 Å². The molecule has 0 aliphatic carbocycles. The first kappa shape index (κ1) is 34.6. The van der Waals surface area contributed by atoms with E-state index in [1.54, 1.807) is 0 Å². The molecule has 0 unspecified atom stereocenters. The maximum Gasteiger partial charge on any atom is 0.166 e. The maximum atomic E-state index is 10.3. The zero-order valence-electron chi connectivity index (χ0n) is 32.0. The molecule has 0 saturated carbocycles. The van der Waals surface area contributed by atoms with Crippen LogP contribution in [0.25, 0.3) is 100 Å². The van der Waals surface area contributed by atoms with Gasteiger partial charge in [-0.05, 0) is 77.9 Å². The number of fused-ring (bicyclic) bond motifs is 6. The summed E-state index contributed by atoms with van der Waals surface area (Å²) in [5.41, 5.74) is 11.3. The van der Waals surface area contributed by atoms with Crippen LogP contribution in [-0.2, 0) is 0 Å². The molecule has 0 N–H and O–H groups in total. The molecule has 3 heterocycles. The number of nitrogens with zero attached hydrogens (tertiary/aromatic N) is 7. The molecule has 0 atom stereocenters. The van der Waals surface area contributed by atoms with E-state index in [0.29, 0.717) is 34.2 Å². The van der Waals surface area contributed by atoms with E-state index in [0.717, 1.165) is 77.2 Å². The molecule has 7 nitrogen and oxygen atoms in total. The molecular formula is C53H31N7. The van der Waals surface area contributed by atoms with Gasteiger partial charge in [0, 0.05) is 38.2 Å². The molecule has 0 saturated heterocycles. The molecule has 0 amide bonds. The van der Waals surface area contributed by atoms with Crippen LogP contribution in [0.2, 0.25) is 0 Å². The number of benzene rings is 8. The smallest absolute Gasteiger partial charge is 0.166 e. The molecule has 11 aromatic rings. The summed E-state index contributed by atoms with van der Waals surface area (Å²) >= 11 is 0. The van der Waals surface area contributed by atoms with E-state index in [4.69, 9.17) is 15.0 Å². The largest absolute Gasteiger partial charge is 0.309 e. The predicted octanol–water partition coefficient (Wildman–Crippen LogP) is 12.5. The van der Waals surface area contributed by atoms with Gasteiger partial charge in [-0.2, -0.15) is 10.5 Å². The lowest BCUT2D eigenvalue weighted by Gasteiger charge is -2.17. The quantitative estimate of drug-likeness (QED) is 0.168. The second kappa shape index (κ2) is 14.1. The highest BCUT2D eigenvalue weighted by Crippen LogP contribution is 2.40. The summed E-state index contributed by atoms with van der Waals surface area (Å²) < 4.78 is 4.53. The SMILES string of the molecule is N#Cc1ccc(-c2ccc(-c3nc(-c4ccccc4)nc(-c4cc(C#N)ccc4-n4c5ccccc5c5ccccc54)n3)c(-n3c4ccccc4c4ccccc43)c2)cc1. The van der Waals surface area contributed by atoms with Gasteiger partial charge < -0.3 is 9.13 Å². The van der Waals surface area contributed by atoms with Crippen molar-refractivity contribution >= 4 is 43.6 Å². The average Bonchev–Trinajstić information content (AvgIpc) is 3.84. The monoisotopic (exact) mass is 765 g/mol. The average molecular weight is 766 g/mol. The normalized spacial score (nSPS) is 11.3. The fraction of sp³-hybridized carbons (Fsp3) is 0. The van der Waals surface area contributed by atoms with Gasteiger partial charge in [0.05, 0.1) is 56.7 Å². The lowest BCUT2D eigenvalue weighted by atomic mass is 10.00. The first-order valence-electron chi connectivity index (χ1n) is 19.6. The standard InChI is InChI=1S/C53H31N7/c54-32-34-22-25-36(26-23-34)38-27-28-43(50(31-38)60-47-20-10-6-16-41(47)42-17-7-11-21-48(42)60)52-56-51(37-12-2-1-3-13-37)57-53(58-52)44-30-35(33-55)24-29-49(44)59-45-18-8-4-14-39(45)40-15-5-9-19-46(40)59/h1-31H. The van der Waals surface area contributed by atoms with E-state index in [2.05, 4.69) is 124 Å². The number of nitriles is 2. The van der Waals surface area contributed by atoms with Gasteiger partial charge in [0.1, 0.15) is 0 Å². The van der Waals surface area contributed by atoms with E-state index < -0.39 is 0 Å². The summed E-state index contributed by atoms with van der Waals surface area (Å²) in [4.78, 5) is 15.8. The van der Waals surface area contributed by atoms with E-state index in [9.17, 15) is 10.5 Å². The third-order valence-electron chi connectivity index (χ3n) is 11.3.